The second-order valence-corrected chi connectivity index (χ2v) is 5.58. The molecular weight excluding hydrogens is 248 g/mol. The van der Waals surface area contributed by atoms with Crippen LogP contribution >= 0.6 is 0 Å². The van der Waals surface area contributed by atoms with Gasteiger partial charge in [-0.2, -0.15) is 5.26 Å². The first kappa shape index (κ1) is 16.6. The molecule has 2 atom stereocenters. The topological polar surface area (TPSA) is 52.0 Å². The van der Waals surface area contributed by atoms with E-state index in [1.54, 1.807) is 0 Å². The van der Waals surface area contributed by atoms with Crippen molar-refractivity contribution in [1.29, 1.82) is 5.26 Å². The van der Waals surface area contributed by atoms with Gasteiger partial charge in [-0.1, -0.05) is 13.0 Å². The Morgan fingerprint density at radius 3 is 2.80 bits per heavy atom. The normalized spacial score (nSPS) is 15.6. The molecule has 0 aliphatic rings. The number of rotatable bonds is 8. The van der Waals surface area contributed by atoms with Gasteiger partial charge in [-0.05, 0) is 46.0 Å². The molecule has 0 amide bonds. The van der Waals surface area contributed by atoms with Gasteiger partial charge in [-0.3, -0.25) is 10.3 Å². The molecule has 1 N–H and O–H groups in total. The van der Waals surface area contributed by atoms with Crippen molar-refractivity contribution in [1.82, 2.24) is 15.2 Å². The van der Waals surface area contributed by atoms with Crippen molar-refractivity contribution < 1.29 is 0 Å². The summed E-state index contributed by atoms with van der Waals surface area (Å²) in [4.78, 5) is 6.63. The van der Waals surface area contributed by atoms with Crippen molar-refractivity contribution in [3.05, 3.63) is 30.1 Å². The van der Waals surface area contributed by atoms with Crippen LogP contribution in [0.4, 0.5) is 0 Å². The average molecular weight is 274 g/mol. The van der Waals surface area contributed by atoms with E-state index in [1.807, 2.05) is 32.2 Å². The van der Waals surface area contributed by atoms with Gasteiger partial charge in [0.1, 0.15) is 5.54 Å². The summed E-state index contributed by atoms with van der Waals surface area (Å²) in [6.07, 6.45) is 3.58. The van der Waals surface area contributed by atoms with Crippen molar-refractivity contribution in [2.24, 2.45) is 0 Å². The summed E-state index contributed by atoms with van der Waals surface area (Å²) < 4.78 is 0. The van der Waals surface area contributed by atoms with Crippen molar-refractivity contribution in [3.63, 3.8) is 0 Å². The molecule has 0 aromatic carbocycles. The molecule has 1 heterocycles. The summed E-state index contributed by atoms with van der Waals surface area (Å²) >= 11 is 0. The van der Waals surface area contributed by atoms with E-state index in [1.165, 1.54) is 0 Å². The molecule has 4 nitrogen and oxygen atoms in total. The van der Waals surface area contributed by atoms with Crippen molar-refractivity contribution in [3.8, 4) is 6.07 Å². The molecule has 0 saturated carbocycles. The van der Waals surface area contributed by atoms with Crippen LogP contribution < -0.4 is 5.32 Å². The fourth-order valence-corrected chi connectivity index (χ4v) is 2.35. The lowest BCUT2D eigenvalue weighted by Gasteiger charge is -2.31. The van der Waals surface area contributed by atoms with Crippen LogP contribution in [0.1, 0.15) is 32.9 Å². The lowest BCUT2D eigenvalue weighted by atomic mass is 9.94. The molecule has 0 saturated heterocycles. The number of nitrogens with one attached hydrogen (secondary N) is 1. The SMILES string of the molecule is CCNC(C)(C#N)CC(C)N(C)CCc1ccccn1. The molecule has 1 aromatic rings. The predicted octanol–water partition coefficient (Wildman–Crippen LogP) is 2.23. The number of nitrogens with zero attached hydrogens (tertiary/aromatic N) is 3. The van der Waals surface area contributed by atoms with E-state index in [0.29, 0.717) is 6.04 Å². The van der Waals surface area contributed by atoms with Crippen LogP contribution in [0.5, 0.6) is 0 Å². The number of hydrogen-bond donors (Lipinski definition) is 1. The molecule has 0 radical (unpaired) electrons. The Kier molecular flexibility index (Phi) is 6.63. The zero-order chi connectivity index (χ0) is 15.0. The molecule has 0 fully saturated rings. The van der Waals surface area contributed by atoms with E-state index in [0.717, 1.165) is 31.6 Å². The smallest absolute Gasteiger partial charge is 0.105 e. The third kappa shape index (κ3) is 5.28. The zero-order valence-corrected chi connectivity index (χ0v) is 13.1. The molecule has 110 valence electrons. The standard InChI is InChI=1S/C16H26N4/c1-5-19-16(3,13-17)12-14(2)20(4)11-9-15-8-6-7-10-18-15/h6-8,10,14,19H,5,9,11-12H2,1-4H3. The molecular formula is C16H26N4. The molecule has 2 unspecified atom stereocenters. The monoisotopic (exact) mass is 274 g/mol. The Morgan fingerprint density at radius 1 is 1.50 bits per heavy atom. The first-order valence-corrected chi connectivity index (χ1v) is 7.27. The van der Waals surface area contributed by atoms with Crippen molar-refractivity contribution >= 4 is 0 Å². The van der Waals surface area contributed by atoms with Gasteiger partial charge in [0, 0.05) is 30.9 Å². The highest BCUT2D eigenvalue weighted by molar-refractivity contribution is 5.06. The Balaban J connectivity index is 2.46. The van der Waals surface area contributed by atoms with E-state index >= 15 is 0 Å². The van der Waals surface area contributed by atoms with Crippen LogP contribution in [-0.4, -0.2) is 41.6 Å². The predicted molar refractivity (Wildman–Crippen MR) is 82.3 cm³/mol. The fourth-order valence-electron chi connectivity index (χ4n) is 2.35. The molecule has 20 heavy (non-hydrogen) atoms. The van der Waals surface area contributed by atoms with Gasteiger partial charge in [0.25, 0.3) is 0 Å². The van der Waals surface area contributed by atoms with Crippen LogP contribution in [0.25, 0.3) is 0 Å². The lowest BCUT2D eigenvalue weighted by Crippen LogP contribution is -2.46. The minimum absolute atomic E-state index is 0.349. The van der Waals surface area contributed by atoms with E-state index in [9.17, 15) is 5.26 Å². The molecule has 0 spiro atoms. The number of pyridine rings is 1. The summed E-state index contributed by atoms with van der Waals surface area (Å²) in [5.41, 5.74) is 0.661. The Hall–Kier alpha value is -1.44. The van der Waals surface area contributed by atoms with Gasteiger partial charge in [-0.15, -0.1) is 0 Å². The van der Waals surface area contributed by atoms with E-state index < -0.39 is 5.54 Å². The largest absolute Gasteiger partial charge is 0.303 e. The third-order valence-corrected chi connectivity index (χ3v) is 3.72. The highest BCUT2D eigenvalue weighted by Crippen LogP contribution is 2.15. The van der Waals surface area contributed by atoms with Crippen LogP contribution in [0, 0.1) is 11.3 Å². The van der Waals surface area contributed by atoms with Crippen molar-refractivity contribution in [2.45, 2.75) is 45.2 Å². The first-order chi connectivity index (χ1) is 9.50. The molecule has 0 aliphatic carbocycles. The molecule has 1 aromatic heterocycles. The van der Waals surface area contributed by atoms with E-state index in [-0.39, 0.29) is 0 Å². The maximum absolute atomic E-state index is 9.31. The van der Waals surface area contributed by atoms with Crippen LogP contribution in [-0.2, 0) is 6.42 Å². The number of hydrogen-bond acceptors (Lipinski definition) is 4. The van der Waals surface area contributed by atoms with E-state index in [2.05, 4.69) is 41.3 Å². The third-order valence-electron chi connectivity index (χ3n) is 3.72. The quantitative estimate of drug-likeness (QED) is 0.790. The van der Waals surface area contributed by atoms with Gasteiger partial charge in [0.15, 0.2) is 0 Å². The van der Waals surface area contributed by atoms with Crippen LogP contribution in [0.2, 0.25) is 0 Å². The van der Waals surface area contributed by atoms with Gasteiger partial charge < -0.3 is 4.90 Å². The Morgan fingerprint density at radius 2 is 2.25 bits per heavy atom. The van der Waals surface area contributed by atoms with Gasteiger partial charge in [0.2, 0.25) is 0 Å². The van der Waals surface area contributed by atoms with Crippen LogP contribution in [0.3, 0.4) is 0 Å². The summed E-state index contributed by atoms with van der Waals surface area (Å²) in [6, 6.07) is 8.74. The summed E-state index contributed by atoms with van der Waals surface area (Å²) in [5.74, 6) is 0. The van der Waals surface area contributed by atoms with Crippen LogP contribution in [0.15, 0.2) is 24.4 Å². The highest BCUT2D eigenvalue weighted by Gasteiger charge is 2.26. The lowest BCUT2D eigenvalue weighted by molar-refractivity contribution is 0.215. The van der Waals surface area contributed by atoms with Gasteiger partial charge in [0.05, 0.1) is 6.07 Å². The molecule has 4 heteroatoms. The summed E-state index contributed by atoms with van der Waals surface area (Å²) in [7, 11) is 2.11. The van der Waals surface area contributed by atoms with Gasteiger partial charge >= 0.3 is 0 Å². The zero-order valence-electron chi connectivity index (χ0n) is 13.1. The summed E-state index contributed by atoms with van der Waals surface area (Å²) in [6.45, 7) is 7.94. The molecule has 0 bridgehead atoms. The second kappa shape index (κ2) is 7.98. The molecule has 0 aliphatic heterocycles. The number of aromatic nitrogens is 1. The Bertz CT molecular complexity index is 426. The fraction of sp³-hybridized carbons (Fsp3) is 0.625. The van der Waals surface area contributed by atoms with E-state index in [4.69, 9.17) is 0 Å². The minimum Gasteiger partial charge on any atom is -0.303 e. The number of likely N-dealkylation sites (N-methyl/N-ethyl adjacent to an activating group) is 1. The van der Waals surface area contributed by atoms with Gasteiger partial charge in [-0.25, -0.2) is 0 Å². The second-order valence-electron chi connectivity index (χ2n) is 5.58. The summed E-state index contributed by atoms with van der Waals surface area (Å²) in [5, 5.41) is 12.6. The first-order valence-electron chi connectivity index (χ1n) is 7.27. The highest BCUT2D eigenvalue weighted by atomic mass is 15.1. The molecule has 1 rings (SSSR count). The average Bonchev–Trinajstić information content (AvgIpc) is 2.46. The van der Waals surface area contributed by atoms with Crippen molar-refractivity contribution in [2.75, 3.05) is 20.1 Å². The minimum atomic E-state index is -0.451. The maximum Gasteiger partial charge on any atom is 0.105 e. The number of nitriles is 1. The maximum atomic E-state index is 9.31. The Labute approximate surface area is 122 Å².